The number of hydrogen-bond donors (Lipinski definition) is 0. The molecule has 0 aliphatic carbocycles. The molecule has 0 N–H and O–H groups in total. The summed E-state index contributed by atoms with van der Waals surface area (Å²) in [4.78, 5) is 15.1. The summed E-state index contributed by atoms with van der Waals surface area (Å²) in [5.74, 6) is -0.941. The van der Waals surface area contributed by atoms with Gasteiger partial charge in [0.05, 0.1) is 11.6 Å². The van der Waals surface area contributed by atoms with Crippen LogP contribution in [0, 0.1) is 5.82 Å². The predicted molar refractivity (Wildman–Crippen MR) is 63.9 cm³/mol. The molecule has 0 fully saturated rings. The lowest BCUT2D eigenvalue weighted by atomic mass is 10.3. The molecule has 1 aromatic heterocycles. The van der Waals surface area contributed by atoms with Crippen LogP contribution in [0.5, 0.6) is 11.8 Å². The third-order valence-electron chi connectivity index (χ3n) is 2.06. The molecule has 0 radical (unpaired) electrons. The number of nitrogens with zero attached hydrogens (tertiary/aromatic N) is 1. The van der Waals surface area contributed by atoms with Crippen LogP contribution in [0.25, 0.3) is 0 Å². The van der Waals surface area contributed by atoms with Crippen LogP contribution in [-0.4, -0.2) is 17.6 Å². The van der Waals surface area contributed by atoms with Crippen molar-refractivity contribution in [3.63, 3.8) is 0 Å². The first-order valence-electron chi connectivity index (χ1n) is 5.35. The lowest BCUT2D eigenvalue weighted by molar-refractivity contribution is 0.0519. The molecule has 1 heterocycles. The molecular formula is C12H9ClFNO4. The van der Waals surface area contributed by atoms with Crippen molar-refractivity contribution in [2.24, 2.45) is 0 Å². The number of hydrogen-bond acceptors (Lipinski definition) is 5. The Morgan fingerprint density at radius 1 is 1.53 bits per heavy atom. The second-order valence-corrected chi connectivity index (χ2v) is 3.80. The van der Waals surface area contributed by atoms with Crippen LogP contribution in [0.4, 0.5) is 4.39 Å². The van der Waals surface area contributed by atoms with Gasteiger partial charge >= 0.3 is 12.0 Å². The van der Waals surface area contributed by atoms with Crippen molar-refractivity contribution in [3.05, 3.63) is 41.0 Å². The number of carbonyl (C=O) groups is 1. The molecule has 1 aromatic carbocycles. The lowest BCUT2D eigenvalue weighted by Crippen LogP contribution is -2.04. The zero-order valence-electron chi connectivity index (χ0n) is 9.85. The minimum atomic E-state index is -0.619. The quantitative estimate of drug-likeness (QED) is 0.805. The highest BCUT2D eigenvalue weighted by atomic mass is 35.5. The van der Waals surface area contributed by atoms with Crippen molar-refractivity contribution in [1.29, 1.82) is 0 Å². The van der Waals surface area contributed by atoms with Crippen molar-refractivity contribution < 1.29 is 23.1 Å². The van der Waals surface area contributed by atoms with Crippen molar-refractivity contribution >= 4 is 17.6 Å². The molecule has 0 atom stereocenters. The molecule has 0 aliphatic heterocycles. The molecule has 100 valence electrons. The van der Waals surface area contributed by atoms with Gasteiger partial charge in [0.1, 0.15) is 12.1 Å². The topological polar surface area (TPSA) is 61.6 Å². The van der Waals surface area contributed by atoms with E-state index in [0.29, 0.717) is 0 Å². The Balaban J connectivity index is 2.13. The van der Waals surface area contributed by atoms with E-state index in [1.807, 2.05) is 0 Å². The third kappa shape index (κ3) is 3.23. The molecule has 7 heteroatoms. The maximum Gasteiger partial charge on any atom is 0.399 e. The van der Waals surface area contributed by atoms with Crippen LogP contribution < -0.4 is 4.74 Å². The highest BCUT2D eigenvalue weighted by molar-refractivity contribution is 6.32. The summed E-state index contributed by atoms with van der Waals surface area (Å²) in [6, 6.07) is 3.59. The van der Waals surface area contributed by atoms with Gasteiger partial charge in [-0.3, -0.25) is 0 Å². The molecule has 0 spiro atoms. The molecule has 0 amide bonds. The molecule has 19 heavy (non-hydrogen) atoms. The van der Waals surface area contributed by atoms with Crippen LogP contribution in [0.2, 0.25) is 5.02 Å². The molecular weight excluding hydrogens is 277 g/mol. The number of benzene rings is 1. The normalized spacial score (nSPS) is 10.3. The second kappa shape index (κ2) is 5.71. The fraction of sp³-hybridized carbons (Fsp3) is 0.167. The highest BCUT2D eigenvalue weighted by Crippen LogP contribution is 2.29. The van der Waals surface area contributed by atoms with Crippen LogP contribution >= 0.6 is 11.6 Å². The summed E-state index contributed by atoms with van der Waals surface area (Å²) in [6.45, 7) is 1.90. The number of rotatable bonds is 4. The number of oxazole rings is 1. The number of halogens is 2. The Labute approximate surface area is 112 Å². The van der Waals surface area contributed by atoms with Crippen LogP contribution in [0.15, 0.2) is 28.9 Å². The van der Waals surface area contributed by atoms with E-state index in [1.54, 1.807) is 6.92 Å². The third-order valence-corrected chi connectivity index (χ3v) is 2.35. The van der Waals surface area contributed by atoms with Gasteiger partial charge in [-0.1, -0.05) is 11.6 Å². The number of carbonyl (C=O) groups excluding carboxylic acids is 1. The van der Waals surface area contributed by atoms with E-state index in [0.717, 1.165) is 12.3 Å². The number of aromatic nitrogens is 1. The Kier molecular flexibility index (Phi) is 4.01. The summed E-state index contributed by atoms with van der Waals surface area (Å²) in [5, 5.41) is 0.0656. The van der Waals surface area contributed by atoms with E-state index in [-0.39, 0.29) is 29.1 Å². The van der Waals surface area contributed by atoms with Crippen molar-refractivity contribution in [2.45, 2.75) is 6.92 Å². The second-order valence-electron chi connectivity index (χ2n) is 3.40. The van der Waals surface area contributed by atoms with Crippen LogP contribution in [0.1, 0.15) is 17.4 Å². The maximum atomic E-state index is 12.8. The summed E-state index contributed by atoms with van der Waals surface area (Å²) in [5.41, 5.74) is -0.0184. The maximum absolute atomic E-state index is 12.8. The van der Waals surface area contributed by atoms with Gasteiger partial charge in [0.15, 0.2) is 11.4 Å². The first kappa shape index (κ1) is 13.4. The summed E-state index contributed by atoms with van der Waals surface area (Å²) in [6.07, 6.45) is 0.918. The fourth-order valence-electron chi connectivity index (χ4n) is 1.25. The van der Waals surface area contributed by atoms with Crippen molar-refractivity contribution in [1.82, 2.24) is 4.98 Å². The van der Waals surface area contributed by atoms with Crippen LogP contribution in [0.3, 0.4) is 0 Å². The van der Waals surface area contributed by atoms with Gasteiger partial charge in [-0.25, -0.2) is 9.18 Å². The zero-order valence-corrected chi connectivity index (χ0v) is 10.6. The van der Waals surface area contributed by atoms with Gasteiger partial charge in [0.2, 0.25) is 0 Å². The molecule has 5 nitrogen and oxygen atoms in total. The molecule has 0 unspecified atom stereocenters. The molecule has 0 aliphatic rings. The van der Waals surface area contributed by atoms with E-state index >= 15 is 0 Å². The Bertz CT molecular complexity index is 599. The predicted octanol–water partition coefficient (Wildman–Crippen LogP) is 3.44. The average molecular weight is 286 g/mol. The lowest BCUT2D eigenvalue weighted by Gasteiger charge is -2.02. The van der Waals surface area contributed by atoms with Gasteiger partial charge in [-0.05, 0) is 25.1 Å². The molecule has 0 saturated heterocycles. The Hall–Kier alpha value is -2.08. The van der Waals surface area contributed by atoms with E-state index in [1.165, 1.54) is 12.1 Å². The zero-order chi connectivity index (χ0) is 13.8. The van der Waals surface area contributed by atoms with Crippen molar-refractivity contribution in [2.75, 3.05) is 6.61 Å². The largest absolute Gasteiger partial charge is 0.461 e. The highest BCUT2D eigenvalue weighted by Gasteiger charge is 2.15. The van der Waals surface area contributed by atoms with Gasteiger partial charge in [0.25, 0.3) is 0 Å². The average Bonchev–Trinajstić information content (AvgIpc) is 2.82. The van der Waals surface area contributed by atoms with E-state index in [9.17, 15) is 9.18 Å². The van der Waals surface area contributed by atoms with Gasteiger partial charge in [-0.15, -0.1) is 0 Å². The Morgan fingerprint density at radius 2 is 2.32 bits per heavy atom. The van der Waals surface area contributed by atoms with E-state index in [2.05, 4.69) is 4.98 Å². The van der Waals surface area contributed by atoms with Gasteiger partial charge in [-0.2, -0.15) is 4.98 Å². The van der Waals surface area contributed by atoms with E-state index < -0.39 is 11.8 Å². The van der Waals surface area contributed by atoms with Gasteiger partial charge in [0, 0.05) is 0 Å². The smallest absolute Gasteiger partial charge is 0.399 e. The van der Waals surface area contributed by atoms with E-state index in [4.69, 9.17) is 25.5 Å². The van der Waals surface area contributed by atoms with Gasteiger partial charge < -0.3 is 13.9 Å². The summed E-state index contributed by atoms with van der Waals surface area (Å²) >= 11 is 5.77. The SMILES string of the molecule is CCOC(=O)c1coc(Oc2ccc(F)cc2Cl)n1. The molecule has 0 saturated carbocycles. The minimum Gasteiger partial charge on any atom is -0.461 e. The first-order chi connectivity index (χ1) is 9.10. The van der Waals surface area contributed by atoms with Crippen LogP contribution in [-0.2, 0) is 4.74 Å². The fourth-order valence-corrected chi connectivity index (χ4v) is 1.46. The van der Waals surface area contributed by atoms with Crippen molar-refractivity contribution in [3.8, 4) is 11.8 Å². The monoisotopic (exact) mass is 285 g/mol. The Morgan fingerprint density at radius 3 is 3.00 bits per heavy atom. The number of esters is 1. The summed E-state index contributed by atoms with van der Waals surface area (Å²) < 4.78 is 27.7. The molecule has 2 aromatic rings. The summed E-state index contributed by atoms with van der Waals surface area (Å²) in [7, 11) is 0. The minimum absolute atomic E-state index is 0.0184. The molecule has 0 bridgehead atoms. The standard InChI is InChI=1S/C12H9ClFNO4/c1-2-17-11(16)9-6-18-12(15-9)19-10-4-3-7(14)5-8(10)13/h3-6H,2H2,1H3. The number of ether oxygens (including phenoxy) is 2. The first-order valence-corrected chi connectivity index (χ1v) is 5.73. The molecule has 2 rings (SSSR count).